The van der Waals surface area contributed by atoms with Gasteiger partial charge in [0.2, 0.25) is 5.76 Å². The SMILES string of the molecule is Cc1nc(C)c(C(=O)Nc2c(N)cc(F)cc2F)o1. The summed E-state index contributed by atoms with van der Waals surface area (Å²) in [5.41, 5.74) is 5.32. The van der Waals surface area contributed by atoms with E-state index < -0.39 is 17.5 Å². The number of nitrogens with one attached hydrogen (secondary N) is 1. The largest absolute Gasteiger partial charge is 0.436 e. The van der Waals surface area contributed by atoms with E-state index in [2.05, 4.69) is 10.3 Å². The minimum atomic E-state index is -0.959. The van der Waals surface area contributed by atoms with Gasteiger partial charge in [0.25, 0.3) is 5.91 Å². The molecule has 2 rings (SSSR count). The topological polar surface area (TPSA) is 81.2 Å². The molecule has 2 aromatic rings. The first kappa shape index (κ1) is 13.0. The number of nitrogens with two attached hydrogens (primary N) is 1. The van der Waals surface area contributed by atoms with Crippen LogP contribution in [0.3, 0.4) is 0 Å². The summed E-state index contributed by atoms with van der Waals surface area (Å²) in [6.45, 7) is 3.16. The highest BCUT2D eigenvalue weighted by Gasteiger charge is 2.19. The summed E-state index contributed by atoms with van der Waals surface area (Å²) in [6.07, 6.45) is 0. The summed E-state index contributed by atoms with van der Waals surface area (Å²) in [4.78, 5) is 15.8. The predicted octanol–water partition coefficient (Wildman–Crippen LogP) is 2.40. The van der Waals surface area contributed by atoms with E-state index in [1.807, 2.05) is 0 Å². The van der Waals surface area contributed by atoms with E-state index in [-0.39, 0.29) is 17.1 Å². The Morgan fingerprint density at radius 2 is 2.05 bits per heavy atom. The van der Waals surface area contributed by atoms with Gasteiger partial charge < -0.3 is 15.5 Å². The van der Waals surface area contributed by atoms with Crippen molar-refractivity contribution in [2.24, 2.45) is 0 Å². The highest BCUT2D eigenvalue weighted by Crippen LogP contribution is 2.24. The molecule has 0 saturated heterocycles. The Balaban J connectivity index is 2.32. The van der Waals surface area contributed by atoms with Crippen LogP contribution in [0.4, 0.5) is 20.2 Å². The third-order valence-corrected chi connectivity index (χ3v) is 2.43. The molecule has 1 heterocycles. The van der Waals surface area contributed by atoms with Crippen LogP contribution in [0.1, 0.15) is 22.1 Å². The Hall–Kier alpha value is -2.44. The maximum Gasteiger partial charge on any atom is 0.293 e. The lowest BCUT2D eigenvalue weighted by atomic mass is 10.2. The number of oxazole rings is 1. The molecule has 0 saturated carbocycles. The fraction of sp³-hybridized carbons (Fsp3) is 0.167. The number of hydrogen-bond donors (Lipinski definition) is 2. The zero-order valence-electron chi connectivity index (χ0n) is 10.3. The van der Waals surface area contributed by atoms with Crippen LogP contribution in [0, 0.1) is 25.5 Å². The third-order valence-electron chi connectivity index (χ3n) is 2.43. The fourth-order valence-corrected chi connectivity index (χ4v) is 1.64. The second-order valence-corrected chi connectivity index (χ2v) is 3.95. The Kier molecular flexibility index (Phi) is 3.20. The number of nitrogen functional groups attached to an aromatic ring is 1. The van der Waals surface area contributed by atoms with E-state index in [0.29, 0.717) is 17.7 Å². The lowest BCUT2D eigenvalue weighted by Gasteiger charge is -2.08. The van der Waals surface area contributed by atoms with E-state index in [0.717, 1.165) is 6.07 Å². The molecule has 100 valence electrons. The molecule has 1 aromatic heterocycles. The van der Waals surface area contributed by atoms with Crippen LogP contribution >= 0.6 is 0 Å². The van der Waals surface area contributed by atoms with Gasteiger partial charge in [0, 0.05) is 13.0 Å². The molecule has 0 aliphatic carbocycles. The standard InChI is InChI=1S/C12H11F2N3O2/c1-5-11(19-6(2)16-5)12(18)17-10-8(14)3-7(13)4-9(10)15/h3-4H,15H2,1-2H3,(H,17,18). The van der Waals surface area contributed by atoms with Crippen molar-refractivity contribution in [3.05, 3.63) is 41.1 Å². The van der Waals surface area contributed by atoms with Gasteiger partial charge in [-0.05, 0) is 13.0 Å². The predicted molar refractivity (Wildman–Crippen MR) is 64.7 cm³/mol. The van der Waals surface area contributed by atoms with E-state index in [1.165, 1.54) is 0 Å². The first-order chi connectivity index (χ1) is 8.88. The quantitative estimate of drug-likeness (QED) is 0.819. The zero-order valence-corrected chi connectivity index (χ0v) is 10.3. The summed E-state index contributed by atoms with van der Waals surface area (Å²) < 4.78 is 31.5. The summed E-state index contributed by atoms with van der Waals surface area (Å²) in [6, 6.07) is 1.54. The van der Waals surface area contributed by atoms with Crippen molar-refractivity contribution in [3.8, 4) is 0 Å². The van der Waals surface area contributed by atoms with Gasteiger partial charge in [0.1, 0.15) is 11.5 Å². The van der Waals surface area contributed by atoms with Gasteiger partial charge in [-0.25, -0.2) is 13.8 Å². The lowest BCUT2D eigenvalue weighted by Crippen LogP contribution is -2.15. The van der Waals surface area contributed by atoms with Crippen molar-refractivity contribution < 1.29 is 18.0 Å². The number of amides is 1. The summed E-state index contributed by atoms with van der Waals surface area (Å²) in [5, 5.41) is 2.24. The number of halogens is 2. The van der Waals surface area contributed by atoms with E-state index in [9.17, 15) is 13.6 Å². The number of hydrogen-bond acceptors (Lipinski definition) is 4. The summed E-state index contributed by atoms with van der Waals surface area (Å²) >= 11 is 0. The van der Waals surface area contributed by atoms with Crippen molar-refractivity contribution in [3.63, 3.8) is 0 Å². The van der Waals surface area contributed by atoms with Gasteiger partial charge in [0.15, 0.2) is 11.7 Å². The summed E-state index contributed by atoms with van der Waals surface area (Å²) in [5.74, 6) is -2.20. The Morgan fingerprint density at radius 3 is 2.58 bits per heavy atom. The first-order valence-corrected chi connectivity index (χ1v) is 5.38. The lowest BCUT2D eigenvalue weighted by molar-refractivity contribution is 0.0994. The van der Waals surface area contributed by atoms with Crippen LogP contribution in [-0.4, -0.2) is 10.9 Å². The molecule has 0 aliphatic heterocycles. The molecule has 1 aromatic carbocycles. The second kappa shape index (κ2) is 4.68. The molecule has 0 unspecified atom stereocenters. The van der Waals surface area contributed by atoms with Gasteiger partial charge in [-0.15, -0.1) is 0 Å². The number of aryl methyl sites for hydroxylation is 2. The highest BCUT2D eigenvalue weighted by atomic mass is 19.1. The Bertz CT molecular complexity index is 629. The van der Waals surface area contributed by atoms with Gasteiger partial charge in [0.05, 0.1) is 11.4 Å². The van der Waals surface area contributed by atoms with Gasteiger partial charge >= 0.3 is 0 Å². The minimum absolute atomic E-state index is 0.0411. The average Bonchev–Trinajstić information content (AvgIpc) is 2.62. The van der Waals surface area contributed by atoms with Gasteiger partial charge in [-0.1, -0.05) is 0 Å². The van der Waals surface area contributed by atoms with Gasteiger partial charge in [-0.2, -0.15) is 0 Å². The van der Waals surface area contributed by atoms with Crippen molar-refractivity contribution in [2.75, 3.05) is 11.1 Å². The van der Waals surface area contributed by atoms with Crippen molar-refractivity contribution in [2.45, 2.75) is 13.8 Å². The van der Waals surface area contributed by atoms with Crippen LogP contribution in [-0.2, 0) is 0 Å². The molecule has 0 aliphatic rings. The summed E-state index contributed by atoms with van der Waals surface area (Å²) in [7, 11) is 0. The minimum Gasteiger partial charge on any atom is -0.436 e. The number of rotatable bonds is 2. The monoisotopic (exact) mass is 267 g/mol. The van der Waals surface area contributed by atoms with Crippen molar-refractivity contribution in [1.82, 2.24) is 4.98 Å². The molecular weight excluding hydrogens is 256 g/mol. The number of anilines is 2. The van der Waals surface area contributed by atoms with Gasteiger partial charge in [-0.3, -0.25) is 4.79 Å². The molecule has 7 heteroatoms. The molecule has 0 atom stereocenters. The smallest absolute Gasteiger partial charge is 0.293 e. The molecule has 0 radical (unpaired) electrons. The number of carbonyl (C=O) groups is 1. The van der Waals surface area contributed by atoms with Crippen molar-refractivity contribution >= 4 is 17.3 Å². The molecule has 3 N–H and O–H groups in total. The van der Waals surface area contributed by atoms with Crippen LogP contribution in [0.5, 0.6) is 0 Å². The number of carbonyl (C=O) groups excluding carboxylic acids is 1. The van der Waals surface area contributed by atoms with Crippen molar-refractivity contribution in [1.29, 1.82) is 0 Å². The third kappa shape index (κ3) is 2.54. The van der Waals surface area contributed by atoms with Crippen LogP contribution in [0.25, 0.3) is 0 Å². The Labute approximate surface area is 107 Å². The average molecular weight is 267 g/mol. The fourth-order valence-electron chi connectivity index (χ4n) is 1.64. The molecule has 19 heavy (non-hydrogen) atoms. The zero-order chi connectivity index (χ0) is 14.2. The second-order valence-electron chi connectivity index (χ2n) is 3.95. The highest BCUT2D eigenvalue weighted by molar-refractivity contribution is 6.04. The molecule has 5 nitrogen and oxygen atoms in total. The first-order valence-electron chi connectivity index (χ1n) is 5.38. The molecular formula is C12H11F2N3O2. The Morgan fingerprint density at radius 1 is 1.37 bits per heavy atom. The molecule has 0 spiro atoms. The normalized spacial score (nSPS) is 10.5. The number of nitrogens with zero attached hydrogens (tertiary/aromatic N) is 1. The number of aromatic nitrogens is 1. The van der Waals surface area contributed by atoms with Crippen LogP contribution in [0.2, 0.25) is 0 Å². The molecule has 0 fully saturated rings. The maximum atomic E-state index is 13.5. The van der Waals surface area contributed by atoms with E-state index >= 15 is 0 Å². The van der Waals surface area contributed by atoms with Crippen LogP contribution in [0.15, 0.2) is 16.5 Å². The molecule has 0 bridgehead atoms. The van der Waals surface area contributed by atoms with E-state index in [1.54, 1.807) is 13.8 Å². The number of benzene rings is 1. The van der Waals surface area contributed by atoms with E-state index in [4.69, 9.17) is 10.2 Å². The van der Waals surface area contributed by atoms with Crippen LogP contribution < -0.4 is 11.1 Å². The molecule has 1 amide bonds. The maximum absolute atomic E-state index is 13.5.